The van der Waals surface area contributed by atoms with Crippen molar-refractivity contribution < 1.29 is 28.5 Å². The zero-order chi connectivity index (χ0) is 40.8. The van der Waals surface area contributed by atoms with Gasteiger partial charge in [0.25, 0.3) is 11.7 Å². The van der Waals surface area contributed by atoms with Gasteiger partial charge in [0.15, 0.2) is 17.0 Å². The minimum Gasteiger partial charge on any atom is -0.487 e. The van der Waals surface area contributed by atoms with Gasteiger partial charge in [0.2, 0.25) is 23.7 Å². The highest BCUT2D eigenvalue weighted by Gasteiger charge is 2.37. The van der Waals surface area contributed by atoms with E-state index in [-0.39, 0.29) is 54.2 Å². The standard InChI is InChI=1S/C38H37N15O5/c1-5-51-30-28(20(3)47-51)53-21(4)48-52(6-2)36(53)35(57)46-38-44-26-15-24(32(40)55)18-42-33(26)50(38)13-8-7-12-49-29-25(43-37(49)45-34(30)56)14-23(31(39)54)16-27(29)58-19-22-10-9-11-41-17-22/h7-11,14-18H,5-6,12-13,19H2,1-4H3,(H5-,39,40,43,44,45,46,54,55,56,57)/p+1/b8-7+. The molecule has 6 N–H and O–H groups in total. The zero-order valence-corrected chi connectivity index (χ0v) is 31.9. The number of allylic oxidation sites excluding steroid dienone is 2. The Morgan fingerprint density at radius 1 is 0.862 bits per heavy atom. The van der Waals surface area contributed by atoms with Crippen LogP contribution in [0.3, 0.4) is 0 Å². The van der Waals surface area contributed by atoms with Crippen molar-refractivity contribution in [2.24, 2.45) is 11.5 Å². The molecule has 4 amide bonds. The van der Waals surface area contributed by atoms with Crippen LogP contribution in [-0.4, -0.2) is 72.3 Å². The van der Waals surface area contributed by atoms with Gasteiger partial charge in [0.05, 0.1) is 16.8 Å². The maximum absolute atomic E-state index is 14.7. The predicted octanol–water partition coefficient (Wildman–Crippen LogP) is 2.35. The maximum atomic E-state index is 14.7. The van der Waals surface area contributed by atoms with Crippen molar-refractivity contribution in [1.29, 1.82) is 0 Å². The first-order valence-corrected chi connectivity index (χ1v) is 18.3. The molecule has 8 rings (SSSR count). The number of nitrogens with zero attached hydrogens (tertiary/aromatic N) is 11. The minimum absolute atomic E-state index is 0.0986. The van der Waals surface area contributed by atoms with Crippen molar-refractivity contribution in [3.05, 3.63) is 101 Å². The third-order valence-electron chi connectivity index (χ3n) is 9.65. The van der Waals surface area contributed by atoms with Crippen LogP contribution in [-0.2, 0) is 32.8 Å². The number of fused-ring (bicyclic) bond motifs is 9. The van der Waals surface area contributed by atoms with E-state index in [0.29, 0.717) is 58.2 Å². The quantitative estimate of drug-likeness (QED) is 0.135. The number of aryl methyl sites for hydroxylation is 4. The summed E-state index contributed by atoms with van der Waals surface area (Å²) in [6.45, 7) is 8.21. The lowest BCUT2D eigenvalue weighted by Crippen LogP contribution is -2.44. The van der Waals surface area contributed by atoms with Gasteiger partial charge in [-0.15, -0.1) is 4.68 Å². The second kappa shape index (κ2) is 14.7. The van der Waals surface area contributed by atoms with Gasteiger partial charge in [-0.25, -0.2) is 15.0 Å². The lowest BCUT2D eigenvalue weighted by Gasteiger charge is -2.14. The summed E-state index contributed by atoms with van der Waals surface area (Å²) in [5.41, 5.74) is 14.8. The number of ether oxygens (including phenoxy) is 1. The molecule has 0 unspecified atom stereocenters. The number of aromatic nitrogens is 11. The predicted molar refractivity (Wildman–Crippen MR) is 208 cm³/mol. The molecule has 0 fully saturated rings. The molecule has 0 bridgehead atoms. The summed E-state index contributed by atoms with van der Waals surface area (Å²) in [5, 5.41) is 15.3. The van der Waals surface area contributed by atoms with E-state index in [9.17, 15) is 19.2 Å². The van der Waals surface area contributed by atoms with Crippen molar-refractivity contribution in [1.82, 2.24) is 48.6 Å². The van der Waals surface area contributed by atoms with Gasteiger partial charge in [-0.3, -0.25) is 44.0 Å². The second-order valence-electron chi connectivity index (χ2n) is 13.4. The molecule has 1 aromatic carbocycles. The van der Waals surface area contributed by atoms with E-state index >= 15 is 0 Å². The van der Waals surface area contributed by atoms with E-state index in [1.54, 1.807) is 56.8 Å². The molecule has 0 saturated carbocycles. The fourth-order valence-corrected chi connectivity index (χ4v) is 7.03. The Kier molecular flexibility index (Phi) is 9.43. The fraction of sp³-hybridized carbons (Fsp3) is 0.237. The molecule has 7 aromatic rings. The van der Waals surface area contributed by atoms with Crippen LogP contribution in [0, 0.1) is 13.8 Å². The Bertz CT molecular complexity index is 2850. The number of nitrogens with two attached hydrogens (primary N) is 2. The number of hydrogen-bond acceptors (Lipinski definition) is 11. The average Bonchev–Trinajstić information content (AvgIpc) is 3.94. The summed E-state index contributed by atoms with van der Waals surface area (Å²) in [5.74, 6) is -1.45. The Morgan fingerprint density at radius 2 is 1.55 bits per heavy atom. The van der Waals surface area contributed by atoms with E-state index in [1.165, 1.54) is 23.0 Å². The highest BCUT2D eigenvalue weighted by atomic mass is 16.5. The molecule has 7 heterocycles. The van der Waals surface area contributed by atoms with Crippen LogP contribution in [0.5, 0.6) is 5.75 Å². The van der Waals surface area contributed by atoms with E-state index in [1.807, 2.05) is 32.1 Å². The summed E-state index contributed by atoms with van der Waals surface area (Å²) in [6.07, 6.45) is 8.33. The summed E-state index contributed by atoms with van der Waals surface area (Å²) in [6, 6.07) is 8.23. The third-order valence-corrected chi connectivity index (χ3v) is 9.65. The van der Waals surface area contributed by atoms with Crippen LogP contribution in [0.4, 0.5) is 11.9 Å². The number of primary amides is 2. The number of benzene rings is 1. The van der Waals surface area contributed by atoms with Gasteiger partial charge in [0, 0.05) is 61.4 Å². The van der Waals surface area contributed by atoms with E-state index in [4.69, 9.17) is 26.3 Å². The van der Waals surface area contributed by atoms with Crippen LogP contribution in [0.2, 0.25) is 0 Å². The average molecular weight is 785 g/mol. The molecule has 0 aliphatic carbocycles. The number of pyridine rings is 2. The van der Waals surface area contributed by atoms with Crippen molar-refractivity contribution in [2.75, 3.05) is 10.6 Å². The number of carbonyl (C=O) groups excluding carboxylic acids is 4. The van der Waals surface area contributed by atoms with Crippen LogP contribution >= 0.6 is 0 Å². The Labute approximate surface area is 329 Å². The van der Waals surface area contributed by atoms with Crippen LogP contribution < -0.4 is 31.4 Å². The van der Waals surface area contributed by atoms with Gasteiger partial charge < -0.3 is 20.8 Å². The topological polar surface area (TPSA) is 255 Å². The van der Waals surface area contributed by atoms with Gasteiger partial charge in [-0.1, -0.05) is 18.2 Å². The second-order valence-corrected chi connectivity index (χ2v) is 13.4. The molecule has 0 saturated heterocycles. The lowest BCUT2D eigenvalue weighted by atomic mass is 10.1. The molecule has 1 aliphatic rings. The number of amides is 4. The monoisotopic (exact) mass is 784 g/mol. The minimum atomic E-state index is -0.690. The molecule has 6 aromatic heterocycles. The van der Waals surface area contributed by atoms with Crippen molar-refractivity contribution >= 4 is 57.7 Å². The number of carbonyl (C=O) groups is 4. The highest BCUT2D eigenvalue weighted by molar-refractivity contribution is 6.06. The molecule has 0 radical (unpaired) electrons. The lowest BCUT2D eigenvalue weighted by molar-refractivity contribution is -0.606. The number of anilines is 2. The Morgan fingerprint density at radius 3 is 2.26 bits per heavy atom. The third kappa shape index (κ3) is 6.44. The molecule has 20 heteroatoms. The number of hydrogen-bond donors (Lipinski definition) is 4. The van der Waals surface area contributed by atoms with E-state index < -0.39 is 23.6 Å². The largest absolute Gasteiger partial charge is 0.487 e. The first kappa shape index (κ1) is 37.2. The molecule has 1 aliphatic heterocycles. The van der Waals surface area contributed by atoms with E-state index in [0.717, 1.165) is 5.56 Å². The van der Waals surface area contributed by atoms with Gasteiger partial charge in [-0.2, -0.15) is 9.67 Å². The smallest absolute Gasteiger partial charge is 0.331 e. The number of imidazole rings is 2. The molecule has 294 valence electrons. The van der Waals surface area contributed by atoms with Crippen LogP contribution in [0.15, 0.2) is 61.1 Å². The summed E-state index contributed by atoms with van der Waals surface area (Å²) in [7, 11) is 0. The highest BCUT2D eigenvalue weighted by Crippen LogP contribution is 2.32. The van der Waals surface area contributed by atoms with Crippen molar-refractivity contribution in [3.8, 4) is 11.4 Å². The summed E-state index contributed by atoms with van der Waals surface area (Å²) in [4.78, 5) is 71.8. The maximum Gasteiger partial charge on any atom is 0.331 e. The Balaban J connectivity index is 1.36. The molecular weight excluding hydrogens is 747 g/mol. The molecular formula is C38H38N15O5+. The summed E-state index contributed by atoms with van der Waals surface area (Å²) >= 11 is 0. The number of rotatable bonds is 7. The zero-order valence-electron chi connectivity index (χ0n) is 31.9. The summed E-state index contributed by atoms with van der Waals surface area (Å²) < 4.78 is 14.4. The normalized spacial score (nSPS) is 13.7. The molecule has 20 nitrogen and oxygen atoms in total. The van der Waals surface area contributed by atoms with Crippen LogP contribution in [0.25, 0.3) is 27.9 Å². The molecule has 0 spiro atoms. The van der Waals surface area contributed by atoms with Crippen molar-refractivity contribution in [3.63, 3.8) is 0 Å². The molecule has 58 heavy (non-hydrogen) atoms. The van der Waals surface area contributed by atoms with Crippen molar-refractivity contribution in [2.45, 2.75) is 60.5 Å². The van der Waals surface area contributed by atoms with Gasteiger partial charge >= 0.3 is 11.7 Å². The van der Waals surface area contributed by atoms with Gasteiger partial charge in [0.1, 0.15) is 29.9 Å². The first-order valence-electron chi connectivity index (χ1n) is 18.3. The Hall–Kier alpha value is -7.77. The number of nitrogens with one attached hydrogen (secondary N) is 2. The van der Waals surface area contributed by atoms with E-state index in [2.05, 4.69) is 30.7 Å². The first-order chi connectivity index (χ1) is 28.0. The van der Waals surface area contributed by atoms with Gasteiger partial charge in [-0.05, 0) is 45.0 Å². The van der Waals surface area contributed by atoms with Crippen LogP contribution in [0.1, 0.15) is 72.8 Å². The SMILES string of the molecule is CCn1nc(C)c2c1C(=O)Nc1nc3cc(C(N)=O)cc(OCc4cccnc4)c3n1C/C=C/Cn1c(nc3cc(C(N)=O)cnc31)NC(=O)c1n(CC)nc(C)[n+]1-2. The fourth-order valence-electron chi connectivity index (χ4n) is 7.03. The molecule has 0 atom stereocenters.